The highest BCUT2D eigenvalue weighted by atomic mass is 32.2. The van der Waals surface area contributed by atoms with Gasteiger partial charge in [-0.1, -0.05) is 12.1 Å². The Morgan fingerprint density at radius 2 is 2.00 bits per heavy atom. The Morgan fingerprint density at radius 1 is 1.30 bits per heavy atom. The summed E-state index contributed by atoms with van der Waals surface area (Å²) in [5.41, 5.74) is 0.293. The Bertz CT molecular complexity index is 737. The van der Waals surface area contributed by atoms with Crippen LogP contribution in [0.15, 0.2) is 41.6 Å². The lowest BCUT2D eigenvalue weighted by Crippen LogP contribution is -2.18. The number of aromatic nitrogens is 2. The first-order chi connectivity index (χ1) is 9.45. The number of aryl methyl sites for hydroxylation is 1. The van der Waals surface area contributed by atoms with Gasteiger partial charge in [0.2, 0.25) is 0 Å². The number of hydrogen-bond acceptors (Lipinski definition) is 5. The second-order valence-electron chi connectivity index (χ2n) is 3.94. The average Bonchev–Trinajstić information content (AvgIpc) is 2.85. The van der Waals surface area contributed by atoms with Gasteiger partial charge >= 0.3 is 5.97 Å². The van der Waals surface area contributed by atoms with Crippen molar-refractivity contribution in [1.82, 2.24) is 9.78 Å². The summed E-state index contributed by atoms with van der Waals surface area (Å²) in [4.78, 5) is 11.6. The van der Waals surface area contributed by atoms with Crippen LogP contribution in [0.3, 0.4) is 0 Å². The summed E-state index contributed by atoms with van der Waals surface area (Å²) in [6.45, 7) is 0. The number of carbonyl (C=O) groups is 1. The number of sulfonamides is 1. The lowest BCUT2D eigenvalue weighted by atomic mass is 10.2. The number of nitrogens with zero attached hydrogens (tertiary/aromatic N) is 2. The Balaban J connectivity index is 2.41. The molecule has 1 aromatic carbocycles. The normalized spacial score (nSPS) is 11.1. The van der Waals surface area contributed by atoms with Gasteiger partial charge in [0.05, 0.1) is 24.6 Å². The SMILES string of the molecule is COC(=O)c1ccccc1NS(=O)(=O)c1ccnn1C. The van der Waals surface area contributed by atoms with Crippen LogP contribution in [0.25, 0.3) is 0 Å². The highest BCUT2D eigenvalue weighted by Gasteiger charge is 2.21. The van der Waals surface area contributed by atoms with Crippen molar-refractivity contribution in [1.29, 1.82) is 0 Å². The van der Waals surface area contributed by atoms with Crippen LogP contribution in [0.1, 0.15) is 10.4 Å². The summed E-state index contributed by atoms with van der Waals surface area (Å²) in [5, 5.41) is 3.80. The minimum Gasteiger partial charge on any atom is -0.465 e. The molecule has 0 radical (unpaired) electrons. The van der Waals surface area contributed by atoms with Crippen LogP contribution in [0.5, 0.6) is 0 Å². The number of para-hydroxylation sites is 1. The van der Waals surface area contributed by atoms with E-state index in [2.05, 4.69) is 14.6 Å². The Kier molecular flexibility index (Phi) is 3.75. The highest BCUT2D eigenvalue weighted by Crippen LogP contribution is 2.20. The molecule has 106 valence electrons. The first kappa shape index (κ1) is 14.1. The fraction of sp³-hybridized carbons (Fsp3) is 0.167. The quantitative estimate of drug-likeness (QED) is 0.850. The molecular weight excluding hydrogens is 282 g/mol. The van der Waals surface area contributed by atoms with E-state index in [9.17, 15) is 13.2 Å². The Hall–Kier alpha value is -2.35. The first-order valence-electron chi connectivity index (χ1n) is 5.64. The maximum Gasteiger partial charge on any atom is 0.339 e. The number of rotatable bonds is 4. The summed E-state index contributed by atoms with van der Waals surface area (Å²) in [6, 6.07) is 7.57. The number of methoxy groups -OCH3 is 1. The molecule has 7 nitrogen and oxygen atoms in total. The molecule has 20 heavy (non-hydrogen) atoms. The predicted octanol–water partition coefficient (Wildman–Crippen LogP) is 1.01. The lowest BCUT2D eigenvalue weighted by molar-refractivity contribution is 0.0602. The molecule has 0 spiro atoms. The van der Waals surface area contributed by atoms with Crippen molar-refractivity contribution in [2.24, 2.45) is 7.05 Å². The fourth-order valence-corrected chi connectivity index (χ4v) is 2.89. The van der Waals surface area contributed by atoms with Crippen molar-refractivity contribution >= 4 is 21.7 Å². The minimum atomic E-state index is -3.82. The zero-order chi connectivity index (χ0) is 14.8. The topological polar surface area (TPSA) is 90.3 Å². The Morgan fingerprint density at radius 3 is 2.60 bits per heavy atom. The van der Waals surface area contributed by atoms with Gasteiger partial charge < -0.3 is 4.74 Å². The molecule has 0 atom stereocenters. The van der Waals surface area contributed by atoms with Crippen molar-refractivity contribution in [3.8, 4) is 0 Å². The van der Waals surface area contributed by atoms with Crippen LogP contribution in [0, 0.1) is 0 Å². The van der Waals surface area contributed by atoms with E-state index in [-0.39, 0.29) is 16.3 Å². The van der Waals surface area contributed by atoms with Gasteiger partial charge in [-0.25, -0.2) is 4.79 Å². The van der Waals surface area contributed by atoms with E-state index in [1.54, 1.807) is 12.1 Å². The van der Waals surface area contributed by atoms with Crippen LogP contribution in [0.2, 0.25) is 0 Å². The van der Waals surface area contributed by atoms with Crippen LogP contribution in [-0.4, -0.2) is 31.3 Å². The minimum absolute atomic E-state index is 0.00262. The number of hydrogen-bond donors (Lipinski definition) is 1. The molecule has 1 aromatic heterocycles. The molecule has 0 saturated heterocycles. The molecule has 0 saturated carbocycles. The second-order valence-corrected chi connectivity index (χ2v) is 5.56. The summed E-state index contributed by atoms with van der Waals surface area (Å²) in [6.07, 6.45) is 1.38. The Labute approximate surface area is 116 Å². The van der Waals surface area contributed by atoms with Crippen molar-refractivity contribution in [3.63, 3.8) is 0 Å². The fourth-order valence-electron chi connectivity index (χ4n) is 1.68. The molecule has 2 rings (SSSR count). The molecule has 0 aliphatic heterocycles. The lowest BCUT2D eigenvalue weighted by Gasteiger charge is -2.11. The number of ether oxygens (including phenoxy) is 1. The molecule has 2 aromatic rings. The van der Waals surface area contributed by atoms with Gasteiger partial charge in [-0.2, -0.15) is 13.5 Å². The molecule has 0 unspecified atom stereocenters. The zero-order valence-corrected chi connectivity index (χ0v) is 11.7. The smallest absolute Gasteiger partial charge is 0.339 e. The summed E-state index contributed by atoms with van der Waals surface area (Å²) >= 11 is 0. The molecule has 0 amide bonds. The summed E-state index contributed by atoms with van der Waals surface area (Å²) < 4.78 is 32.6. The van der Waals surface area contributed by atoms with Gasteiger partial charge in [0.15, 0.2) is 5.03 Å². The molecule has 0 bridgehead atoms. The number of nitrogens with one attached hydrogen (secondary N) is 1. The largest absolute Gasteiger partial charge is 0.465 e. The third kappa shape index (κ3) is 2.64. The van der Waals surface area contributed by atoms with Gasteiger partial charge in [0.1, 0.15) is 0 Å². The molecule has 0 aliphatic carbocycles. The maximum atomic E-state index is 12.2. The maximum absolute atomic E-state index is 12.2. The van der Waals surface area contributed by atoms with Crippen molar-refractivity contribution in [2.45, 2.75) is 5.03 Å². The number of anilines is 1. The monoisotopic (exact) mass is 295 g/mol. The van der Waals surface area contributed by atoms with E-state index < -0.39 is 16.0 Å². The van der Waals surface area contributed by atoms with E-state index in [4.69, 9.17) is 0 Å². The molecular formula is C12H13N3O4S. The van der Waals surface area contributed by atoms with Gasteiger partial charge in [-0.15, -0.1) is 0 Å². The van der Waals surface area contributed by atoms with E-state index in [1.165, 1.54) is 43.2 Å². The van der Waals surface area contributed by atoms with Crippen molar-refractivity contribution in [2.75, 3.05) is 11.8 Å². The molecule has 1 N–H and O–H groups in total. The van der Waals surface area contributed by atoms with Crippen LogP contribution >= 0.6 is 0 Å². The summed E-state index contributed by atoms with van der Waals surface area (Å²) in [5.74, 6) is -0.617. The number of esters is 1. The standard InChI is InChI=1S/C12H13N3O4S/c1-15-11(7-8-13-15)20(17,18)14-10-6-4-3-5-9(10)12(16)19-2/h3-8,14H,1-2H3. The zero-order valence-electron chi connectivity index (χ0n) is 10.9. The van der Waals surface area contributed by atoms with E-state index in [0.717, 1.165) is 0 Å². The van der Waals surface area contributed by atoms with E-state index in [0.29, 0.717) is 0 Å². The number of carbonyl (C=O) groups excluding carboxylic acids is 1. The number of benzene rings is 1. The van der Waals surface area contributed by atoms with E-state index >= 15 is 0 Å². The van der Waals surface area contributed by atoms with Crippen LogP contribution < -0.4 is 4.72 Å². The molecule has 1 heterocycles. The molecule has 8 heteroatoms. The van der Waals surface area contributed by atoms with Gasteiger partial charge in [0, 0.05) is 7.05 Å². The molecule has 0 aliphatic rings. The highest BCUT2D eigenvalue weighted by molar-refractivity contribution is 7.92. The van der Waals surface area contributed by atoms with Gasteiger partial charge in [-0.05, 0) is 18.2 Å². The first-order valence-corrected chi connectivity index (χ1v) is 7.12. The van der Waals surface area contributed by atoms with Crippen molar-refractivity contribution < 1.29 is 17.9 Å². The van der Waals surface area contributed by atoms with E-state index in [1.807, 2.05) is 0 Å². The molecule has 0 fully saturated rings. The van der Waals surface area contributed by atoms with Gasteiger partial charge in [-0.3, -0.25) is 9.40 Å². The van der Waals surface area contributed by atoms with Crippen LogP contribution in [-0.2, 0) is 21.8 Å². The summed E-state index contributed by atoms with van der Waals surface area (Å²) in [7, 11) is -1.08. The van der Waals surface area contributed by atoms with Crippen LogP contribution in [0.4, 0.5) is 5.69 Å². The average molecular weight is 295 g/mol. The van der Waals surface area contributed by atoms with Gasteiger partial charge in [0.25, 0.3) is 10.0 Å². The van der Waals surface area contributed by atoms with Crippen molar-refractivity contribution in [3.05, 3.63) is 42.1 Å². The third-order valence-corrected chi connectivity index (χ3v) is 4.07. The predicted molar refractivity (Wildman–Crippen MR) is 71.8 cm³/mol. The third-order valence-electron chi connectivity index (χ3n) is 2.63. The second kappa shape index (κ2) is 5.33.